The Balaban J connectivity index is 2.52. The number of hydrogen-bond donors (Lipinski definition) is 2. The van der Waals surface area contributed by atoms with Crippen LogP contribution in [0.15, 0.2) is 42.5 Å². The van der Waals surface area contributed by atoms with Gasteiger partial charge in [-0.25, -0.2) is 0 Å². The third-order valence-corrected chi connectivity index (χ3v) is 3.10. The Labute approximate surface area is 108 Å². The molecular formula is C16H18O2. The van der Waals surface area contributed by atoms with Crippen molar-refractivity contribution in [2.45, 2.75) is 26.2 Å². The summed E-state index contributed by atoms with van der Waals surface area (Å²) in [5.41, 5.74) is 2.53. The molecule has 0 amide bonds. The standard InChI is InChI=1S/C16H18O2/c1-2-3-7-12-8-6-11-15(18)16(12)13-9-4-5-10-14(13)17/h4-6,8-11,17-18H,2-3,7H2,1H3. The average molecular weight is 242 g/mol. The van der Waals surface area contributed by atoms with Crippen LogP contribution >= 0.6 is 0 Å². The van der Waals surface area contributed by atoms with Gasteiger partial charge in [0.1, 0.15) is 11.5 Å². The van der Waals surface area contributed by atoms with Crippen LogP contribution in [0.3, 0.4) is 0 Å². The summed E-state index contributed by atoms with van der Waals surface area (Å²) < 4.78 is 0. The van der Waals surface area contributed by atoms with Gasteiger partial charge in [-0.3, -0.25) is 0 Å². The second-order valence-electron chi connectivity index (χ2n) is 4.43. The maximum absolute atomic E-state index is 10.1. The number of aromatic hydroxyl groups is 2. The summed E-state index contributed by atoms with van der Waals surface area (Å²) in [5, 5.41) is 20.0. The molecule has 2 nitrogen and oxygen atoms in total. The fourth-order valence-electron chi connectivity index (χ4n) is 2.16. The molecule has 0 aliphatic heterocycles. The van der Waals surface area contributed by atoms with E-state index in [-0.39, 0.29) is 11.5 Å². The molecule has 18 heavy (non-hydrogen) atoms. The molecule has 0 heterocycles. The van der Waals surface area contributed by atoms with Crippen molar-refractivity contribution < 1.29 is 10.2 Å². The maximum atomic E-state index is 10.1. The van der Waals surface area contributed by atoms with Crippen molar-refractivity contribution in [3.63, 3.8) is 0 Å². The Bertz CT molecular complexity index is 532. The molecule has 0 spiro atoms. The number of phenols is 2. The lowest BCUT2D eigenvalue weighted by molar-refractivity contribution is 0.468. The second kappa shape index (κ2) is 5.58. The minimum absolute atomic E-state index is 0.205. The molecule has 0 bridgehead atoms. The second-order valence-corrected chi connectivity index (χ2v) is 4.43. The molecule has 2 rings (SSSR count). The highest BCUT2D eigenvalue weighted by atomic mass is 16.3. The van der Waals surface area contributed by atoms with E-state index in [4.69, 9.17) is 0 Å². The summed E-state index contributed by atoms with van der Waals surface area (Å²) in [5.74, 6) is 0.432. The fraction of sp³-hybridized carbons (Fsp3) is 0.250. The maximum Gasteiger partial charge on any atom is 0.123 e. The summed E-state index contributed by atoms with van der Waals surface area (Å²) in [7, 11) is 0. The predicted octanol–water partition coefficient (Wildman–Crippen LogP) is 4.11. The highest BCUT2D eigenvalue weighted by Crippen LogP contribution is 2.38. The number of benzene rings is 2. The number of rotatable bonds is 4. The molecule has 2 aromatic rings. The van der Waals surface area contributed by atoms with E-state index < -0.39 is 0 Å². The zero-order valence-corrected chi connectivity index (χ0v) is 10.6. The van der Waals surface area contributed by atoms with E-state index in [0.717, 1.165) is 30.4 Å². The van der Waals surface area contributed by atoms with E-state index in [9.17, 15) is 10.2 Å². The monoisotopic (exact) mass is 242 g/mol. The lowest BCUT2D eigenvalue weighted by atomic mass is 9.95. The van der Waals surface area contributed by atoms with E-state index in [1.54, 1.807) is 18.2 Å². The van der Waals surface area contributed by atoms with E-state index in [1.165, 1.54) is 0 Å². The van der Waals surface area contributed by atoms with Crippen molar-refractivity contribution in [1.29, 1.82) is 0 Å². The smallest absolute Gasteiger partial charge is 0.123 e. The number of para-hydroxylation sites is 1. The Morgan fingerprint density at radius 2 is 1.61 bits per heavy atom. The molecule has 2 aromatic carbocycles. The molecule has 0 aromatic heterocycles. The molecule has 2 heteroatoms. The minimum Gasteiger partial charge on any atom is -0.507 e. The van der Waals surface area contributed by atoms with Crippen LogP contribution in [0.25, 0.3) is 11.1 Å². The van der Waals surface area contributed by atoms with Crippen LogP contribution in [0, 0.1) is 0 Å². The summed E-state index contributed by atoms with van der Waals surface area (Å²) in [4.78, 5) is 0. The third kappa shape index (κ3) is 2.48. The molecule has 0 radical (unpaired) electrons. The molecule has 0 aliphatic carbocycles. The summed E-state index contributed by atoms with van der Waals surface area (Å²) >= 11 is 0. The molecule has 0 unspecified atom stereocenters. The molecule has 0 saturated carbocycles. The van der Waals surface area contributed by atoms with Gasteiger partial charge in [0.15, 0.2) is 0 Å². The molecule has 0 aliphatic rings. The van der Waals surface area contributed by atoms with Crippen molar-refractivity contribution in [2.24, 2.45) is 0 Å². The number of aryl methyl sites for hydroxylation is 1. The van der Waals surface area contributed by atoms with E-state index >= 15 is 0 Å². The van der Waals surface area contributed by atoms with Crippen molar-refractivity contribution in [3.8, 4) is 22.6 Å². The largest absolute Gasteiger partial charge is 0.507 e. The molecule has 94 valence electrons. The van der Waals surface area contributed by atoms with Crippen molar-refractivity contribution in [2.75, 3.05) is 0 Å². The summed E-state index contributed by atoms with van der Waals surface area (Å²) in [6, 6.07) is 12.7. The SMILES string of the molecule is CCCCc1cccc(O)c1-c1ccccc1O. The first-order chi connectivity index (χ1) is 8.74. The normalized spacial score (nSPS) is 10.5. The molecule has 0 saturated heterocycles. The number of unbranched alkanes of at least 4 members (excludes halogenated alkanes) is 1. The Morgan fingerprint density at radius 1 is 0.889 bits per heavy atom. The van der Waals surface area contributed by atoms with Gasteiger partial charge in [-0.2, -0.15) is 0 Å². The van der Waals surface area contributed by atoms with E-state index in [0.29, 0.717) is 5.56 Å². The Kier molecular flexibility index (Phi) is 3.88. The lowest BCUT2D eigenvalue weighted by Crippen LogP contribution is -1.91. The zero-order chi connectivity index (χ0) is 13.0. The third-order valence-electron chi connectivity index (χ3n) is 3.10. The Morgan fingerprint density at radius 3 is 2.33 bits per heavy atom. The minimum atomic E-state index is 0.205. The number of phenolic OH excluding ortho intramolecular Hbond substituents is 2. The van der Waals surface area contributed by atoms with Crippen LogP contribution in [0.5, 0.6) is 11.5 Å². The van der Waals surface area contributed by atoms with Crippen LogP contribution < -0.4 is 0 Å². The van der Waals surface area contributed by atoms with Crippen LogP contribution in [0.1, 0.15) is 25.3 Å². The Hall–Kier alpha value is -1.96. The lowest BCUT2D eigenvalue weighted by Gasteiger charge is -2.12. The van der Waals surface area contributed by atoms with Gasteiger partial charge in [-0.15, -0.1) is 0 Å². The van der Waals surface area contributed by atoms with Gasteiger partial charge in [-0.1, -0.05) is 43.7 Å². The first-order valence-electron chi connectivity index (χ1n) is 6.33. The molecular weight excluding hydrogens is 224 g/mol. The van der Waals surface area contributed by atoms with Crippen molar-refractivity contribution in [1.82, 2.24) is 0 Å². The predicted molar refractivity (Wildman–Crippen MR) is 73.8 cm³/mol. The first kappa shape index (κ1) is 12.5. The van der Waals surface area contributed by atoms with Gasteiger partial charge in [0.2, 0.25) is 0 Å². The van der Waals surface area contributed by atoms with Gasteiger partial charge >= 0.3 is 0 Å². The highest BCUT2D eigenvalue weighted by molar-refractivity contribution is 5.78. The molecule has 2 N–H and O–H groups in total. The zero-order valence-electron chi connectivity index (χ0n) is 10.6. The van der Waals surface area contributed by atoms with Crippen LogP contribution in [-0.2, 0) is 6.42 Å². The van der Waals surface area contributed by atoms with E-state index in [1.807, 2.05) is 24.3 Å². The van der Waals surface area contributed by atoms with Crippen LogP contribution in [0.2, 0.25) is 0 Å². The highest BCUT2D eigenvalue weighted by Gasteiger charge is 2.12. The van der Waals surface area contributed by atoms with Gasteiger partial charge in [0, 0.05) is 11.1 Å². The van der Waals surface area contributed by atoms with Crippen LogP contribution in [-0.4, -0.2) is 10.2 Å². The quantitative estimate of drug-likeness (QED) is 0.847. The average Bonchev–Trinajstić information content (AvgIpc) is 2.38. The van der Waals surface area contributed by atoms with Crippen molar-refractivity contribution >= 4 is 0 Å². The number of hydrogen-bond acceptors (Lipinski definition) is 2. The van der Waals surface area contributed by atoms with Crippen molar-refractivity contribution in [3.05, 3.63) is 48.0 Å². The fourth-order valence-corrected chi connectivity index (χ4v) is 2.16. The topological polar surface area (TPSA) is 40.5 Å². The summed E-state index contributed by atoms with van der Waals surface area (Å²) in [6.07, 6.45) is 3.09. The van der Waals surface area contributed by atoms with Gasteiger partial charge in [0.05, 0.1) is 0 Å². The van der Waals surface area contributed by atoms with Gasteiger partial charge < -0.3 is 10.2 Å². The van der Waals surface area contributed by atoms with Gasteiger partial charge in [-0.05, 0) is 30.5 Å². The van der Waals surface area contributed by atoms with Crippen LogP contribution in [0.4, 0.5) is 0 Å². The van der Waals surface area contributed by atoms with Gasteiger partial charge in [0.25, 0.3) is 0 Å². The summed E-state index contributed by atoms with van der Waals surface area (Å²) in [6.45, 7) is 2.14. The van der Waals surface area contributed by atoms with E-state index in [2.05, 4.69) is 6.92 Å². The molecule has 0 fully saturated rings. The first-order valence-corrected chi connectivity index (χ1v) is 6.33. The molecule has 0 atom stereocenters.